The van der Waals surface area contributed by atoms with E-state index >= 15 is 0 Å². The van der Waals surface area contributed by atoms with Crippen LogP contribution in [0.4, 0.5) is 4.79 Å². The number of amides is 4. The molecular formula is C36H48N4O5. The van der Waals surface area contributed by atoms with Crippen LogP contribution in [0.3, 0.4) is 0 Å². The summed E-state index contributed by atoms with van der Waals surface area (Å²) >= 11 is 0. The van der Waals surface area contributed by atoms with Crippen LogP contribution in [0.5, 0.6) is 0 Å². The maximum Gasteiger partial charge on any atom is 0.408 e. The van der Waals surface area contributed by atoms with E-state index in [-0.39, 0.29) is 24.5 Å². The summed E-state index contributed by atoms with van der Waals surface area (Å²) in [5, 5.41) is 10.5. The Kier molecular flexibility index (Phi) is 11.7. The molecule has 0 aromatic heterocycles. The Morgan fingerprint density at radius 3 is 2.11 bits per heavy atom. The molecule has 0 saturated carbocycles. The maximum absolute atomic E-state index is 13.9. The van der Waals surface area contributed by atoms with Crippen LogP contribution in [-0.2, 0) is 25.7 Å². The Morgan fingerprint density at radius 2 is 1.47 bits per heavy atom. The van der Waals surface area contributed by atoms with Crippen LogP contribution in [0.1, 0.15) is 78.5 Å². The maximum atomic E-state index is 13.9. The van der Waals surface area contributed by atoms with Gasteiger partial charge in [-0.15, -0.1) is 0 Å². The predicted molar refractivity (Wildman–Crippen MR) is 177 cm³/mol. The van der Waals surface area contributed by atoms with Crippen molar-refractivity contribution in [2.24, 2.45) is 5.92 Å². The van der Waals surface area contributed by atoms with Crippen LogP contribution in [0.15, 0.2) is 72.8 Å². The SMILES string of the molecule is CC[C@](C)(NC(=O)C(C)(C)NC(=O)[C@H](CC(C)C)NC(=O)OCc1ccccc1)C(=O)N(C)[C@H](C)c1cccc2ccccc12. The molecule has 45 heavy (non-hydrogen) atoms. The first-order chi connectivity index (χ1) is 21.2. The number of ether oxygens (including phenoxy) is 1. The zero-order chi connectivity index (χ0) is 33.4. The van der Waals surface area contributed by atoms with E-state index in [1.165, 1.54) is 0 Å². The Balaban J connectivity index is 1.69. The second-order valence-corrected chi connectivity index (χ2v) is 12.8. The molecule has 9 heteroatoms. The number of likely N-dealkylation sites (N-methyl/N-ethyl adjacent to an activating group) is 1. The molecule has 0 aliphatic carbocycles. The molecule has 3 aromatic carbocycles. The van der Waals surface area contributed by atoms with Crippen molar-refractivity contribution in [3.05, 3.63) is 83.9 Å². The molecular weight excluding hydrogens is 568 g/mol. The van der Waals surface area contributed by atoms with Crippen LogP contribution in [0.25, 0.3) is 10.8 Å². The molecule has 9 nitrogen and oxygen atoms in total. The fraction of sp³-hybridized carbons (Fsp3) is 0.444. The van der Waals surface area contributed by atoms with Crippen molar-refractivity contribution in [2.45, 2.75) is 91.1 Å². The first-order valence-electron chi connectivity index (χ1n) is 15.5. The Hall–Kier alpha value is -4.40. The number of benzene rings is 3. The van der Waals surface area contributed by atoms with E-state index in [1.807, 2.05) is 100 Å². The first kappa shape index (κ1) is 35.1. The van der Waals surface area contributed by atoms with Crippen molar-refractivity contribution < 1.29 is 23.9 Å². The predicted octanol–water partition coefficient (Wildman–Crippen LogP) is 5.88. The van der Waals surface area contributed by atoms with Crippen molar-refractivity contribution in [2.75, 3.05) is 7.05 Å². The highest BCUT2D eigenvalue weighted by Crippen LogP contribution is 2.29. The van der Waals surface area contributed by atoms with Crippen molar-refractivity contribution in [1.29, 1.82) is 0 Å². The van der Waals surface area contributed by atoms with Crippen LogP contribution in [0.2, 0.25) is 0 Å². The lowest BCUT2D eigenvalue weighted by Crippen LogP contribution is -2.65. The van der Waals surface area contributed by atoms with Gasteiger partial charge in [-0.3, -0.25) is 14.4 Å². The summed E-state index contributed by atoms with van der Waals surface area (Å²) in [4.78, 5) is 55.2. The normalized spacial score (nSPS) is 14.2. The molecule has 0 aliphatic rings. The molecule has 4 amide bonds. The minimum absolute atomic E-state index is 0.0633. The highest BCUT2D eigenvalue weighted by Gasteiger charge is 2.42. The number of hydrogen-bond acceptors (Lipinski definition) is 5. The number of nitrogens with one attached hydrogen (secondary N) is 3. The lowest BCUT2D eigenvalue weighted by atomic mass is 9.92. The van der Waals surface area contributed by atoms with Gasteiger partial charge in [-0.2, -0.15) is 0 Å². The van der Waals surface area contributed by atoms with E-state index in [1.54, 1.807) is 32.7 Å². The second kappa shape index (κ2) is 15.1. The van der Waals surface area contributed by atoms with Crippen molar-refractivity contribution in [3.8, 4) is 0 Å². The average Bonchev–Trinajstić information content (AvgIpc) is 3.02. The van der Waals surface area contributed by atoms with Crippen LogP contribution >= 0.6 is 0 Å². The third-order valence-electron chi connectivity index (χ3n) is 8.28. The van der Waals surface area contributed by atoms with Crippen molar-refractivity contribution in [3.63, 3.8) is 0 Å². The Bertz CT molecular complexity index is 1480. The monoisotopic (exact) mass is 616 g/mol. The van der Waals surface area contributed by atoms with Crippen LogP contribution in [0, 0.1) is 5.92 Å². The standard InChI is InChI=1S/C36H48N4O5/c1-9-36(7,33(43)40(8)25(4)28-21-15-19-27-18-13-14-20-29(27)28)39-32(42)35(5,6)38-31(41)30(22-24(2)3)37-34(44)45-23-26-16-11-10-12-17-26/h10-21,24-25,30H,9,22-23H2,1-8H3,(H,37,44)(H,38,41)(H,39,42)/t25-,30+,36+/m1/s1. The molecule has 0 spiro atoms. The van der Waals surface area contributed by atoms with Crippen LogP contribution in [-0.4, -0.2) is 52.9 Å². The van der Waals surface area contributed by atoms with Gasteiger partial charge < -0.3 is 25.6 Å². The molecule has 3 rings (SSSR count). The lowest BCUT2D eigenvalue weighted by Gasteiger charge is -2.38. The molecule has 3 N–H and O–H groups in total. The van der Waals surface area contributed by atoms with E-state index in [0.717, 1.165) is 21.9 Å². The van der Waals surface area contributed by atoms with Gasteiger partial charge in [0.25, 0.3) is 0 Å². The summed E-state index contributed by atoms with van der Waals surface area (Å²) in [6.45, 7) is 12.6. The first-order valence-corrected chi connectivity index (χ1v) is 15.5. The third kappa shape index (κ3) is 9.06. The molecule has 0 saturated heterocycles. The Labute approximate surface area is 267 Å². The highest BCUT2D eigenvalue weighted by atomic mass is 16.5. The minimum Gasteiger partial charge on any atom is -0.445 e. The molecule has 3 atom stereocenters. The van der Waals surface area contributed by atoms with Gasteiger partial charge in [0.15, 0.2) is 0 Å². The minimum atomic E-state index is -1.39. The summed E-state index contributed by atoms with van der Waals surface area (Å²) in [5.41, 5.74) is -0.796. The van der Waals surface area contributed by atoms with Gasteiger partial charge in [0.1, 0.15) is 23.7 Å². The summed E-state index contributed by atoms with van der Waals surface area (Å²) in [6.07, 6.45) is -0.0558. The molecule has 0 aliphatic heterocycles. The number of hydrogen-bond donors (Lipinski definition) is 3. The molecule has 0 radical (unpaired) electrons. The molecule has 0 fully saturated rings. The Morgan fingerprint density at radius 1 is 0.844 bits per heavy atom. The summed E-state index contributed by atoms with van der Waals surface area (Å²) < 4.78 is 5.32. The summed E-state index contributed by atoms with van der Waals surface area (Å²) in [5.74, 6) is -1.21. The van der Waals surface area contributed by atoms with Gasteiger partial charge in [0.05, 0.1) is 6.04 Å². The summed E-state index contributed by atoms with van der Waals surface area (Å²) in [6, 6.07) is 22.1. The van der Waals surface area contributed by atoms with E-state index < -0.39 is 35.0 Å². The van der Waals surface area contributed by atoms with Gasteiger partial charge >= 0.3 is 6.09 Å². The number of nitrogens with zero attached hydrogens (tertiary/aromatic N) is 1. The molecule has 0 bridgehead atoms. The summed E-state index contributed by atoms with van der Waals surface area (Å²) in [7, 11) is 1.74. The van der Waals surface area contributed by atoms with Crippen molar-refractivity contribution >= 4 is 34.6 Å². The smallest absolute Gasteiger partial charge is 0.408 e. The van der Waals surface area contributed by atoms with Gasteiger partial charge in [-0.25, -0.2) is 4.79 Å². The second-order valence-electron chi connectivity index (χ2n) is 12.8. The van der Waals surface area contributed by atoms with E-state index in [2.05, 4.69) is 16.0 Å². The number of rotatable bonds is 13. The zero-order valence-electron chi connectivity index (χ0n) is 27.8. The quantitative estimate of drug-likeness (QED) is 0.222. The molecule has 0 heterocycles. The fourth-order valence-electron chi connectivity index (χ4n) is 5.15. The average molecular weight is 617 g/mol. The number of carbonyl (C=O) groups excluding carboxylic acids is 4. The number of fused-ring (bicyclic) bond motifs is 1. The molecule has 3 aromatic rings. The van der Waals surface area contributed by atoms with E-state index in [0.29, 0.717) is 12.8 Å². The van der Waals surface area contributed by atoms with Gasteiger partial charge in [0, 0.05) is 7.05 Å². The largest absolute Gasteiger partial charge is 0.445 e. The van der Waals surface area contributed by atoms with E-state index in [9.17, 15) is 19.2 Å². The lowest BCUT2D eigenvalue weighted by molar-refractivity contribution is -0.143. The number of carbonyl (C=O) groups is 4. The third-order valence-corrected chi connectivity index (χ3v) is 8.28. The number of alkyl carbamates (subject to hydrolysis) is 1. The topological polar surface area (TPSA) is 117 Å². The molecule has 242 valence electrons. The van der Waals surface area contributed by atoms with Gasteiger partial charge in [0.2, 0.25) is 17.7 Å². The van der Waals surface area contributed by atoms with Gasteiger partial charge in [-0.1, -0.05) is 93.6 Å². The fourth-order valence-corrected chi connectivity index (χ4v) is 5.15. The van der Waals surface area contributed by atoms with Crippen molar-refractivity contribution in [1.82, 2.24) is 20.9 Å². The van der Waals surface area contributed by atoms with Crippen LogP contribution < -0.4 is 16.0 Å². The zero-order valence-corrected chi connectivity index (χ0v) is 27.8. The van der Waals surface area contributed by atoms with E-state index in [4.69, 9.17) is 4.74 Å². The van der Waals surface area contributed by atoms with Gasteiger partial charge in [-0.05, 0) is 68.4 Å². The molecule has 0 unspecified atom stereocenters. The highest BCUT2D eigenvalue weighted by molar-refractivity contribution is 5.97.